The number of piperidine rings is 1. The molecule has 1 atom stereocenters. The summed E-state index contributed by atoms with van der Waals surface area (Å²) in [6.07, 6.45) is 6.49. The Morgan fingerprint density at radius 1 is 1.06 bits per heavy atom. The number of nitrogens with zero attached hydrogens (tertiary/aromatic N) is 6. The minimum Gasteiger partial charge on any atom is -0.338 e. The van der Waals surface area contributed by atoms with Gasteiger partial charge in [0.1, 0.15) is 6.33 Å². The van der Waals surface area contributed by atoms with Gasteiger partial charge in [0.25, 0.3) is 10.0 Å². The standard InChI is InChI=1S/C23H28N6O3S/c1-17-7-9-19(10-8-17)33(31,32)29-14-11-20-22(24-16-25-23(20)29)26(2)27-12-3-5-18(15-27)28-13-4-6-21(28)30/h7-11,14,16,18H,3-6,12-13,15H2,1-2H3. The van der Waals surface area contributed by atoms with Gasteiger partial charge in [0.15, 0.2) is 11.5 Å². The van der Waals surface area contributed by atoms with Gasteiger partial charge in [-0.05, 0) is 44.4 Å². The number of amides is 1. The van der Waals surface area contributed by atoms with Gasteiger partial charge in [-0.2, -0.15) is 0 Å². The Labute approximate surface area is 193 Å². The summed E-state index contributed by atoms with van der Waals surface area (Å²) in [6.45, 7) is 4.33. The summed E-state index contributed by atoms with van der Waals surface area (Å²) in [5.41, 5.74) is 1.34. The van der Waals surface area contributed by atoms with Crippen molar-refractivity contribution < 1.29 is 13.2 Å². The van der Waals surface area contributed by atoms with Crippen LogP contribution in [0.5, 0.6) is 0 Å². The molecule has 2 fully saturated rings. The van der Waals surface area contributed by atoms with E-state index in [1.807, 2.05) is 23.9 Å². The number of fused-ring (bicyclic) bond motifs is 1. The van der Waals surface area contributed by atoms with Crippen LogP contribution < -0.4 is 5.01 Å². The van der Waals surface area contributed by atoms with Crippen LogP contribution in [0.1, 0.15) is 31.2 Å². The summed E-state index contributed by atoms with van der Waals surface area (Å²) in [7, 11) is -1.85. The van der Waals surface area contributed by atoms with Crippen LogP contribution >= 0.6 is 0 Å². The predicted molar refractivity (Wildman–Crippen MR) is 125 cm³/mol. The normalized spacial score (nSPS) is 20.0. The third-order valence-electron chi connectivity index (χ3n) is 6.66. The number of hydrogen-bond acceptors (Lipinski definition) is 7. The van der Waals surface area contributed by atoms with Gasteiger partial charge in [-0.1, -0.05) is 17.7 Å². The van der Waals surface area contributed by atoms with Crippen LogP contribution in [0, 0.1) is 6.92 Å². The summed E-state index contributed by atoms with van der Waals surface area (Å²) in [5, 5.41) is 4.82. The summed E-state index contributed by atoms with van der Waals surface area (Å²) < 4.78 is 27.7. The zero-order chi connectivity index (χ0) is 23.2. The van der Waals surface area contributed by atoms with Gasteiger partial charge in [-0.15, -0.1) is 0 Å². The van der Waals surface area contributed by atoms with Crippen LogP contribution in [-0.4, -0.2) is 70.9 Å². The first-order chi connectivity index (χ1) is 15.9. The molecule has 10 heteroatoms. The third-order valence-corrected chi connectivity index (χ3v) is 8.34. The lowest BCUT2D eigenvalue weighted by Gasteiger charge is -2.42. The molecule has 0 radical (unpaired) electrons. The number of carbonyl (C=O) groups excluding carboxylic acids is 1. The van der Waals surface area contributed by atoms with Crippen molar-refractivity contribution in [3.8, 4) is 0 Å². The zero-order valence-electron chi connectivity index (χ0n) is 18.9. The number of hydrazine groups is 1. The number of aryl methyl sites for hydroxylation is 1. The van der Waals surface area contributed by atoms with E-state index in [1.54, 1.807) is 30.3 Å². The Balaban J connectivity index is 1.45. The molecule has 9 nitrogen and oxygen atoms in total. The van der Waals surface area contributed by atoms with E-state index in [2.05, 4.69) is 15.0 Å². The molecule has 2 aromatic heterocycles. The van der Waals surface area contributed by atoms with Crippen LogP contribution in [0.4, 0.5) is 5.82 Å². The number of hydrogen-bond donors (Lipinski definition) is 0. The summed E-state index contributed by atoms with van der Waals surface area (Å²) in [5.74, 6) is 0.888. The summed E-state index contributed by atoms with van der Waals surface area (Å²) in [4.78, 5) is 23.3. The number of rotatable bonds is 5. The topological polar surface area (TPSA) is 91.6 Å². The van der Waals surface area contributed by atoms with E-state index in [9.17, 15) is 13.2 Å². The van der Waals surface area contributed by atoms with Crippen molar-refractivity contribution in [1.82, 2.24) is 23.8 Å². The van der Waals surface area contributed by atoms with Crippen molar-refractivity contribution >= 4 is 32.8 Å². The van der Waals surface area contributed by atoms with Crippen LogP contribution in [0.2, 0.25) is 0 Å². The zero-order valence-corrected chi connectivity index (χ0v) is 19.7. The Kier molecular flexibility index (Phi) is 5.57. The van der Waals surface area contributed by atoms with E-state index < -0.39 is 10.0 Å². The van der Waals surface area contributed by atoms with Crippen LogP contribution in [0.25, 0.3) is 11.0 Å². The Bertz CT molecular complexity index is 1290. The molecule has 0 saturated carbocycles. The largest absolute Gasteiger partial charge is 0.338 e. The van der Waals surface area contributed by atoms with Gasteiger partial charge >= 0.3 is 0 Å². The maximum absolute atomic E-state index is 13.3. The second kappa shape index (κ2) is 8.42. The highest BCUT2D eigenvalue weighted by Gasteiger charge is 2.33. The molecule has 4 heterocycles. The quantitative estimate of drug-likeness (QED) is 0.568. The molecule has 5 rings (SSSR count). The fourth-order valence-corrected chi connectivity index (χ4v) is 6.14. The molecule has 3 aromatic rings. The fraction of sp³-hybridized carbons (Fsp3) is 0.435. The maximum Gasteiger partial charge on any atom is 0.269 e. The summed E-state index contributed by atoms with van der Waals surface area (Å²) in [6, 6.07) is 8.73. The average Bonchev–Trinajstić information content (AvgIpc) is 3.45. The first kappa shape index (κ1) is 21.8. The van der Waals surface area contributed by atoms with Crippen molar-refractivity contribution in [2.75, 3.05) is 31.7 Å². The number of benzene rings is 1. The van der Waals surface area contributed by atoms with Crippen LogP contribution in [0.15, 0.2) is 47.8 Å². The number of likely N-dealkylation sites (tertiary alicyclic amines) is 1. The number of aromatic nitrogens is 3. The van der Waals surface area contributed by atoms with Gasteiger partial charge in [-0.25, -0.2) is 27.4 Å². The van der Waals surface area contributed by atoms with Gasteiger partial charge in [0, 0.05) is 45.3 Å². The second-order valence-corrected chi connectivity index (χ2v) is 10.6. The first-order valence-electron chi connectivity index (χ1n) is 11.3. The van der Waals surface area contributed by atoms with E-state index in [0.29, 0.717) is 23.3 Å². The molecule has 2 saturated heterocycles. The fourth-order valence-electron chi connectivity index (χ4n) is 4.84. The smallest absolute Gasteiger partial charge is 0.269 e. The van der Waals surface area contributed by atoms with Gasteiger partial charge in [0.05, 0.1) is 10.3 Å². The molecule has 33 heavy (non-hydrogen) atoms. The molecular formula is C23H28N6O3S. The highest BCUT2D eigenvalue weighted by Crippen LogP contribution is 2.29. The summed E-state index contributed by atoms with van der Waals surface area (Å²) >= 11 is 0. The van der Waals surface area contributed by atoms with Crippen LogP contribution in [0.3, 0.4) is 0 Å². The van der Waals surface area contributed by atoms with E-state index in [1.165, 1.54) is 16.5 Å². The van der Waals surface area contributed by atoms with E-state index in [4.69, 9.17) is 0 Å². The lowest BCUT2D eigenvalue weighted by atomic mass is 10.1. The van der Waals surface area contributed by atoms with Crippen molar-refractivity contribution in [3.63, 3.8) is 0 Å². The van der Waals surface area contributed by atoms with Crippen molar-refractivity contribution in [2.45, 2.75) is 43.5 Å². The molecule has 0 N–H and O–H groups in total. The molecule has 0 bridgehead atoms. The molecule has 174 valence electrons. The van der Waals surface area contributed by atoms with E-state index >= 15 is 0 Å². The Morgan fingerprint density at radius 3 is 2.58 bits per heavy atom. The van der Waals surface area contributed by atoms with Gasteiger partial charge in [-0.3, -0.25) is 9.80 Å². The molecule has 2 aliphatic heterocycles. The Hall–Kier alpha value is -2.98. The third kappa shape index (κ3) is 3.87. The highest BCUT2D eigenvalue weighted by atomic mass is 32.2. The minimum atomic E-state index is -3.78. The van der Waals surface area contributed by atoms with Crippen molar-refractivity contribution in [1.29, 1.82) is 0 Å². The lowest BCUT2D eigenvalue weighted by Crippen LogP contribution is -2.53. The first-order valence-corrected chi connectivity index (χ1v) is 12.7. The highest BCUT2D eigenvalue weighted by molar-refractivity contribution is 7.90. The molecule has 0 aliphatic carbocycles. The van der Waals surface area contributed by atoms with E-state index in [0.717, 1.165) is 44.5 Å². The predicted octanol–water partition coefficient (Wildman–Crippen LogP) is 2.41. The molecule has 1 aromatic carbocycles. The molecule has 2 aliphatic rings. The average molecular weight is 469 g/mol. The molecule has 1 amide bonds. The SMILES string of the molecule is Cc1ccc(S(=O)(=O)n2ccc3c(N(C)N4CCCC(N5CCCC5=O)C4)ncnc32)cc1. The molecular weight excluding hydrogens is 440 g/mol. The minimum absolute atomic E-state index is 0.194. The lowest BCUT2D eigenvalue weighted by molar-refractivity contribution is -0.130. The maximum atomic E-state index is 13.3. The van der Waals surface area contributed by atoms with Crippen LogP contribution in [-0.2, 0) is 14.8 Å². The molecule has 0 spiro atoms. The van der Waals surface area contributed by atoms with Gasteiger partial charge < -0.3 is 4.90 Å². The van der Waals surface area contributed by atoms with Crippen molar-refractivity contribution in [3.05, 3.63) is 48.4 Å². The second-order valence-electron chi connectivity index (χ2n) is 8.79. The molecule has 1 unspecified atom stereocenters. The van der Waals surface area contributed by atoms with E-state index in [-0.39, 0.29) is 16.8 Å². The number of anilines is 1. The Morgan fingerprint density at radius 2 is 1.85 bits per heavy atom. The number of carbonyl (C=O) groups is 1. The van der Waals surface area contributed by atoms with Gasteiger partial charge in [0.2, 0.25) is 5.91 Å². The van der Waals surface area contributed by atoms with Crippen molar-refractivity contribution in [2.24, 2.45) is 0 Å². The monoisotopic (exact) mass is 468 g/mol.